The summed E-state index contributed by atoms with van der Waals surface area (Å²) in [6.45, 7) is 2.66. The van der Waals surface area contributed by atoms with Gasteiger partial charge in [-0.2, -0.15) is 18.4 Å². The molecule has 7 nitrogen and oxygen atoms in total. The van der Waals surface area contributed by atoms with Gasteiger partial charge in [0.15, 0.2) is 5.11 Å². The van der Waals surface area contributed by atoms with E-state index in [1.165, 1.54) is 12.1 Å². The first-order chi connectivity index (χ1) is 20.2. The number of carbonyl (C=O) groups is 1. The highest BCUT2D eigenvalue weighted by molar-refractivity contribution is 7.80. The van der Waals surface area contributed by atoms with Crippen LogP contribution in [0.5, 0.6) is 0 Å². The molecular weight excluding hydrogens is 561 g/mol. The number of aromatic nitrogens is 2. The number of nitrogens with one attached hydrogen (secondary N) is 2. The Hall–Kier alpha value is -3.91. The Bertz CT molecular complexity index is 1390. The molecule has 1 atom stereocenters. The number of amides is 1. The van der Waals surface area contributed by atoms with Crippen molar-refractivity contribution in [3.05, 3.63) is 89.0 Å². The zero-order valence-electron chi connectivity index (χ0n) is 23.5. The third-order valence-corrected chi connectivity index (χ3v) is 7.90. The Kier molecular flexibility index (Phi) is 10.6. The lowest BCUT2D eigenvalue weighted by molar-refractivity contribution is -0.138. The molecular formula is C31H35F3N6OS. The van der Waals surface area contributed by atoms with E-state index >= 15 is 0 Å². The molecule has 3 aromatic rings. The quantitative estimate of drug-likeness (QED) is 0.281. The van der Waals surface area contributed by atoms with Crippen LogP contribution >= 0.6 is 12.2 Å². The van der Waals surface area contributed by atoms with Gasteiger partial charge in [-0.1, -0.05) is 50.1 Å². The molecule has 1 aliphatic rings. The number of benzene rings is 2. The molecule has 11 heteroatoms. The van der Waals surface area contributed by atoms with E-state index < -0.39 is 11.7 Å². The van der Waals surface area contributed by atoms with Crippen LogP contribution in [0.4, 0.5) is 13.2 Å². The van der Waals surface area contributed by atoms with E-state index in [2.05, 4.69) is 21.7 Å². The van der Waals surface area contributed by atoms with E-state index in [1.807, 2.05) is 23.6 Å². The van der Waals surface area contributed by atoms with Crippen molar-refractivity contribution in [2.24, 2.45) is 0 Å². The molecule has 1 aromatic heterocycles. The largest absolute Gasteiger partial charge is 0.416 e. The number of alkyl halides is 3. The van der Waals surface area contributed by atoms with Gasteiger partial charge in [-0.25, -0.2) is 4.98 Å². The molecule has 0 radical (unpaired) electrons. The summed E-state index contributed by atoms with van der Waals surface area (Å²) in [7, 11) is 0. The van der Waals surface area contributed by atoms with Crippen molar-refractivity contribution in [2.45, 2.75) is 76.8 Å². The van der Waals surface area contributed by atoms with E-state index in [9.17, 15) is 18.0 Å². The average molecular weight is 597 g/mol. The SMILES string of the molecule is CC[C@@H](CN(Cc1ccccc1C(F)(F)F)C(=S)NC1CCCC1)NC(=O)Cc1cncn1Cc1ccc(C#N)cc1. The topological polar surface area (TPSA) is 86.0 Å². The predicted molar refractivity (Wildman–Crippen MR) is 158 cm³/mol. The van der Waals surface area contributed by atoms with Gasteiger partial charge in [-0.05, 0) is 60.8 Å². The highest BCUT2D eigenvalue weighted by Gasteiger charge is 2.34. The van der Waals surface area contributed by atoms with Crippen molar-refractivity contribution in [1.82, 2.24) is 25.1 Å². The van der Waals surface area contributed by atoms with Gasteiger partial charge in [0, 0.05) is 43.6 Å². The third-order valence-electron chi connectivity index (χ3n) is 7.53. The van der Waals surface area contributed by atoms with E-state index in [0.29, 0.717) is 23.6 Å². The van der Waals surface area contributed by atoms with Crippen LogP contribution < -0.4 is 10.6 Å². The third kappa shape index (κ3) is 8.55. The van der Waals surface area contributed by atoms with Gasteiger partial charge in [0.05, 0.1) is 29.9 Å². The van der Waals surface area contributed by atoms with Gasteiger partial charge < -0.3 is 20.1 Å². The number of halogens is 3. The van der Waals surface area contributed by atoms with Gasteiger partial charge in [0.25, 0.3) is 0 Å². The van der Waals surface area contributed by atoms with Crippen molar-refractivity contribution < 1.29 is 18.0 Å². The lowest BCUT2D eigenvalue weighted by Crippen LogP contribution is -2.50. The van der Waals surface area contributed by atoms with Gasteiger partial charge in [0.2, 0.25) is 5.91 Å². The first kappa shape index (κ1) is 31.0. The van der Waals surface area contributed by atoms with Crippen molar-refractivity contribution >= 4 is 23.2 Å². The molecule has 222 valence electrons. The molecule has 2 N–H and O–H groups in total. The number of rotatable bonds is 11. The second-order valence-electron chi connectivity index (χ2n) is 10.6. The molecule has 1 saturated carbocycles. The zero-order valence-corrected chi connectivity index (χ0v) is 24.3. The number of imidazole rings is 1. The Morgan fingerprint density at radius 3 is 2.57 bits per heavy atom. The molecule has 0 aliphatic heterocycles. The van der Waals surface area contributed by atoms with E-state index in [-0.39, 0.29) is 43.1 Å². The normalized spacial score (nSPS) is 14.3. The molecule has 1 heterocycles. The number of nitriles is 1. The van der Waals surface area contributed by atoms with Crippen LogP contribution in [0.3, 0.4) is 0 Å². The van der Waals surface area contributed by atoms with Gasteiger partial charge in [0.1, 0.15) is 0 Å². The predicted octanol–water partition coefficient (Wildman–Crippen LogP) is 5.58. The van der Waals surface area contributed by atoms with Gasteiger partial charge in [-0.3, -0.25) is 4.79 Å². The molecule has 1 fully saturated rings. The highest BCUT2D eigenvalue weighted by Crippen LogP contribution is 2.32. The standard InChI is InChI=1S/C31H35F3N6OS/c1-2-25(37-29(41)15-27-17-36-21-40(27)18-23-13-11-22(16-35)12-14-23)20-39(30(42)38-26-8-4-5-9-26)19-24-7-3-6-10-28(24)31(32,33)34/h3,6-7,10-14,17,21,25-26H,2,4-5,8-9,15,18-20H2,1H3,(H,37,41)(H,38,42)/t25-/m0/s1. The summed E-state index contributed by atoms with van der Waals surface area (Å²) in [5.74, 6) is -0.214. The van der Waals surface area contributed by atoms with Crippen LogP contribution in [0.1, 0.15) is 67.0 Å². The first-order valence-corrected chi connectivity index (χ1v) is 14.5. The second-order valence-corrected chi connectivity index (χ2v) is 11.0. The molecule has 0 spiro atoms. The van der Waals surface area contributed by atoms with Crippen molar-refractivity contribution in [1.29, 1.82) is 5.26 Å². The van der Waals surface area contributed by atoms with Crippen LogP contribution in [0, 0.1) is 11.3 Å². The fraction of sp³-hybridized carbons (Fsp3) is 0.419. The minimum Gasteiger partial charge on any atom is -0.360 e. The van der Waals surface area contributed by atoms with Crippen molar-refractivity contribution in [3.63, 3.8) is 0 Å². The number of nitrogens with zero attached hydrogens (tertiary/aromatic N) is 4. The Labute approximate surface area is 249 Å². The summed E-state index contributed by atoms with van der Waals surface area (Å²) < 4.78 is 43.2. The summed E-state index contributed by atoms with van der Waals surface area (Å²) in [4.78, 5) is 19.1. The van der Waals surface area contributed by atoms with Gasteiger partial charge >= 0.3 is 6.18 Å². The van der Waals surface area contributed by atoms with Crippen molar-refractivity contribution in [2.75, 3.05) is 6.54 Å². The number of hydrogen-bond donors (Lipinski definition) is 2. The summed E-state index contributed by atoms with van der Waals surface area (Å²) >= 11 is 5.71. The van der Waals surface area contributed by atoms with E-state index in [1.54, 1.807) is 35.6 Å². The summed E-state index contributed by atoms with van der Waals surface area (Å²) in [5.41, 5.74) is 1.71. The lowest BCUT2D eigenvalue weighted by atomic mass is 10.1. The fourth-order valence-corrected chi connectivity index (χ4v) is 5.51. The van der Waals surface area contributed by atoms with Gasteiger partial charge in [-0.15, -0.1) is 0 Å². The maximum absolute atomic E-state index is 13.8. The van der Waals surface area contributed by atoms with Crippen molar-refractivity contribution in [3.8, 4) is 6.07 Å². The molecule has 0 bridgehead atoms. The number of hydrogen-bond acceptors (Lipinski definition) is 4. The summed E-state index contributed by atoms with van der Waals surface area (Å²) in [5, 5.41) is 15.8. The zero-order chi connectivity index (χ0) is 30.1. The van der Waals surface area contributed by atoms with Crippen LogP contribution in [-0.2, 0) is 30.5 Å². The molecule has 0 saturated heterocycles. The average Bonchev–Trinajstić information content (AvgIpc) is 3.64. The maximum Gasteiger partial charge on any atom is 0.416 e. The minimum atomic E-state index is -4.48. The lowest BCUT2D eigenvalue weighted by Gasteiger charge is -2.32. The second kappa shape index (κ2) is 14.3. The van der Waals surface area contributed by atoms with Crippen LogP contribution in [0.15, 0.2) is 61.1 Å². The Morgan fingerprint density at radius 1 is 1.19 bits per heavy atom. The minimum absolute atomic E-state index is 0.0298. The fourth-order valence-electron chi connectivity index (χ4n) is 5.20. The number of thiocarbonyl (C=S) groups is 1. The molecule has 1 aliphatic carbocycles. The van der Waals surface area contributed by atoms with E-state index in [4.69, 9.17) is 17.5 Å². The summed E-state index contributed by atoms with van der Waals surface area (Å²) in [6.07, 6.45) is 3.60. The summed E-state index contributed by atoms with van der Waals surface area (Å²) in [6, 6.07) is 14.7. The molecule has 4 rings (SSSR count). The first-order valence-electron chi connectivity index (χ1n) is 14.1. The Balaban J connectivity index is 1.44. The molecule has 42 heavy (non-hydrogen) atoms. The van der Waals surface area contributed by atoms with Crippen LogP contribution in [0.25, 0.3) is 0 Å². The van der Waals surface area contributed by atoms with E-state index in [0.717, 1.165) is 43.0 Å². The maximum atomic E-state index is 13.8. The number of carbonyl (C=O) groups excluding carboxylic acids is 1. The molecule has 2 aromatic carbocycles. The highest BCUT2D eigenvalue weighted by atomic mass is 32.1. The molecule has 1 amide bonds. The van der Waals surface area contributed by atoms with Crippen LogP contribution in [-0.4, -0.2) is 44.1 Å². The van der Waals surface area contributed by atoms with Crippen LogP contribution in [0.2, 0.25) is 0 Å². The monoisotopic (exact) mass is 596 g/mol. The molecule has 0 unspecified atom stereocenters. The Morgan fingerprint density at radius 2 is 1.90 bits per heavy atom. The smallest absolute Gasteiger partial charge is 0.360 e.